The van der Waals surface area contributed by atoms with E-state index in [1.165, 1.54) is 12.1 Å². The predicted octanol–water partition coefficient (Wildman–Crippen LogP) is 4.12. The second-order valence-electron chi connectivity index (χ2n) is 8.50. The molecule has 1 saturated heterocycles. The van der Waals surface area contributed by atoms with Crippen LogP contribution in [0.4, 0.5) is 24.5 Å². The van der Waals surface area contributed by atoms with Gasteiger partial charge in [0, 0.05) is 37.4 Å². The highest BCUT2D eigenvalue weighted by Crippen LogP contribution is 2.31. The van der Waals surface area contributed by atoms with Gasteiger partial charge in [-0.25, -0.2) is 0 Å². The lowest BCUT2D eigenvalue weighted by Crippen LogP contribution is -2.49. The van der Waals surface area contributed by atoms with Gasteiger partial charge in [-0.1, -0.05) is 18.2 Å². The molecule has 2 heterocycles. The van der Waals surface area contributed by atoms with Crippen LogP contribution in [0.25, 0.3) is 0 Å². The van der Waals surface area contributed by atoms with E-state index < -0.39 is 17.6 Å². The molecule has 0 bridgehead atoms. The Hall–Kier alpha value is -3.82. The van der Waals surface area contributed by atoms with Crippen LogP contribution in [0.1, 0.15) is 27.3 Å². The molecular weight excluding hydrogens is 459 g/mol. The van der Waals surface area contributed by atoms with E-state index in [2.05, 4.69) is 15.3 Å². The number of hydrogen-bond acceptors (Lipinski definition) is 4. The van der Waals surface area contributed by atoms with Crippen LogP contribution in [0.3, 0.4) is 0 Å². The number of halogens is 3. The third kappa shape index (κ3) is 5.64. The van der Waals surface area contributed by atoms with Gasteiger partial charge in [0.2, 0.25) is 5.91 Å². The number of benzene rings is 2. The average Bonchev–Trinajstić information content (AvgIpc) is 3.15. The maximum atomic E-state index is 13.0. The van der Waals surface area contributed by atoms with Crippen molar-refractivity contribution in [1.29, 1.82) is 0 Å². The number of hydrogen-bond donors (Lipinski definition) is 1. The Bertz CT molecular complexity index is 1230. The first kappa shape index (κ1) is 24.3. The Morgan fingerprint density at radius 2 is 1.69 bits per heavy atom. The Kier molecular flexibility index (Phi) is 6.81. The molecule has 1 aromatic heterocycles. The van der Waals surface area contributed by atoms with Gasteiger partial charge >= 0.3 is 6.18 Å². The van der Waals surface area contributed by atoms with Crippen molar-refractivity contribution in [2.75, 3.05) is 36.4 Å². The van der Waals surface area contributed by atoms with E-state index in [0.717, 1.165) is 29.2 Å². The number of rotatable bonds is 5. The zero-order valence-corrected chi connectivity index (χ0v) is 19.5. The first-order valence-electron chi connectivity index (χ1n) is 11.2. The largest absolute Gasteiger partial charge is 0.416 e. The van der Waals surface area contributed by atoms with Gasteiger partial charge in [-0.3, -0.25) is 14.3 Å². The molecule has 1 N–H and O–H groups in total. The maximum absolute atomic E-state index is 13.0. The monoisotopic (exact) mass is 485 g/mol. The van der Waals surface area contributed by atoms with E-state index >= 15 is 0 Å². The van der Waals surface area contributed by atoms with Crippen molar-refractivity contribution >= 4 is 23.2 Å². The first-order valence-corrected chi connectivity index (χ1v) is 11.2. The van der Waals surface area contributed by atoms with Gasteiger partial charge in [-0.2, -0.15) is 18.3 Å². The van der Waals surface area contributed by atoms with E-state index in [1.807, 2.05) is 32.0 Å². The number of carbonyl (C=O) groups excluding carboxylic acids is 2. The molecule has 0 unspecified atom stereocenters. The van der Waals surface area contributed by atoms with Crippen molar-refractivity contribution in [2.45, 2.75) is 26.6 Å². The Labute approximate surface area is 201 Å². The van der Waals surface area contributed by atoms with E-state index in [4.69, 9.17) is 0 Å². The molecule has 184 valence electrons. The summed E-state index contributed by atoms with van der Waals surface area (Å²) in [6, 6.07) is 13.4. The zero-order chi connectivity index (χ0) is 25.2. The van der Waals surface area contributed by atoms with Crippen LogP contribution in [0.2, 0.25) is 0 Å². The van der Waals surface area contributed by atoms with E-state index in [-0.39, 0.29) is 18.0 Å². The third-order valence-electron chi connectivity index (χ3n) is 5.97. The van der Waals surface area contributed by atoms with Gasteiger partial charge in [0.05, 0.1) is 22.6 Å². The highest BCUT2D eigenvalue weighted by molar-refractivity contribution is 6.06. The molecule has 0 spiro atoms. The molecule has 0 radical (unpaired) electrons. The lowest BCUT2D eigenvalue weighted by atomic mass is 10.1. The molecule has 0 saturated carbocycles. The lowest BCUT2D eigenvalue weighted by molar-refractivity contribution is -0.137. The standard InChI is InChI=1S/C25H26F3N5O2/c1-17-14-18(2)33(30-17)16-23(34)32-12-10-31(11-13-32)22-9-4-3-8-21(22)29-24(35)19-6-5-7-20(15-19)25(26,27)28/h3-9,14-15H,10-13,16H2,1-2H3,(H,29,35). The molecular formula is C25H26F3N5O2. The van der Waals surface area contributed by atoms with Crippen molar-refractivity contribution in [1.82, 2.24) is 14.7 Å². The number of nitrogens with one attached hydrogen (secondary N) is 1. The molecule has 7 nitrogen and oxygen atoms in total. The van der Waals surface area contributed by atoms with Crippen LogP contribution in [0.5, 0.6) is 0 Å². The minimum atomic E-state index is -4.53. The second kappa shape index (κ2) is 9.81. The molecule has 4 rings (SSSR count). The van der Waals surface area contributed by atoms with Crippen molar-refractivity contribution in [3.8, 4) is 0 Å². The SMILES string of the molecule is Cc1cc(C)n(CC(=O)N2CCN(c3ccccc3NC(=O)c3cccc(C(F)(F)F)c3)CC2)n1. The Morgan fingerprint density at radius 1 is 0.971 bits per heavy atom. The van der Waals surface area contributed by atoms with Gasteiger partial charge in [0.1, 0.15) is 6.54 Å². The fourth-order valence-electron chi connectivity index (χ4n) is 4.15. The Morgan fingerprint density at radius 3 is 2.34 bits per heavy atom. The minimum Gasteiger partial charge on any atom is -0.366 e. The van der Waals surface area contributed by atoms with Crippen LogP contribution >= 0.6 is 0 Å². The molecule has 3 aromatic rings. The molecule has 0 aliphatic carbocycles. The summed E-state index contributed by atoms with van der Waals surface area (Å²) in [7, 11) is 0. The van der Waals surface area contributed by atoms with Crippen LogP contribution < -0.4 is 10.2 Å². The number of anilines is 2. The quantitative estimate of drug-likeness (QED) is 0.590. The van der Waals surface area contributed by atoms with Crippen molar-refractivity contribution in [2.24, 2.45) is 0 Å². The van der Waals surface area contributed by atoms with Crippen molar-refractivity contribution in [3.05, 3.63) is 77.1 Å². The summed E-state index contributed by atoms with van der Waals surface area (Å²) in [5, 5.41) is 7.08. The van der Waals surface area contributed by atoms with E-state index in [0.29, 0.717) is 31.9 Å². The summed E-state index contributed by atoms with van der Waals surface area (Å²) in [6.45, 7) is 6.11. The van der Waals surface area contributed by atoms with E-state index in [9.17, 15) is 22.8 Å². The Balaban J connectivity index is 1.41. The fourth-order valence-corrected chi connectivity index (χ4v) is 4.15. The summed E-state index contributed by atoms with van der Waals surface area (Å²) in [5.74, 6) is -0.635. The van der Waals surface area contributed by atoms with Crippen molar-refractivity contribution in [3.63, 3.8) is 0 Å². The summed E-state index contributed by atoms with van der Waals surface area (Å²) in [5.41, 5.74) is 2.09. The number of aromatic nitrogens is 2. The normalized spacial score (nSPS) is 14.2. The van der Waals surface area contributed by atoms with Crippen LogP contribution in [-0.2, 0) is 17.5 Å². The fraction of sp³-hybridized carbons (Fsp3) is 0.320. The zero-order valence-electron chi connectivity index (χ0n) is 19.5. The molecule has 2 amide bonds. The predicted molar refractivity (Wildman–Crippen MR) is 126 cm³/mol. The highest BCUT2D eigenvalue weighted by atomic mass is 19.4. The highest BCUT2D eigenvalue weighted by Gasteiger charge is 2.31. The summed E-state index contributed by atoms with van der Waals surface area (Å²) < 4.78 is 40.8. The maximum Gasteiger partial charge on any atom is 0.416 e. The lowest BCUT2D eigenvalue weighted by Gasteiger charge is -2.37. The van der Waals surface area contributed by atoms with E-state index in [1.54, 1.807) is 21.7 Å². The van der Waals surface area contributed by atoms with Gasteiger partial charge in [-0.05, 0) is 50.2 Å². The average molecular weight is 486 g/mol. The molecule has 35 heavy (non-hydrogen) atoms. The number of para-hydroxylation sites is 2. The van der Waals surface area contributed by atoms with Crippen LogP contribution in [0, 0.1) is 13.8 Å². The van der Waals surface area contributed by atoms with Crippen LogP contribution in [-0.4, -0.2) is 52.7 Å². The van der Waals surface area contributed by atoms with Crippen molar-refractivity contribution < 1.29 is 22.8 Å². The molecule has 1 fully saturated rings. The van der Waals surface area contributed by atoms with Crippen LogP contribution in [0.15, 0.2) is 54.6 Å². The number of piperazine rings is 1. The topological polar surface area (TPSA) is 70.5 Å². The second-order valence-corrected chi connectivity index (χ2v) is 8.50. The van der Waals surface area contributed by atoms with Gasteiger partial charge in [-0.15, -0.1) is 0 Å². The smallest absolute Gasteiger partial charge is 0.366 e. The van der Waals surface area contributed by atoms with Gasteiger partial charge < -0.3 is 15.1 Å². The molecule has 1 aliphatic rings. The summed E-state index contributed by atoms with van der Waals surface area (Å²) >= 11 is 0. The minimum absolute atomic E-state index is 0.0121. The number of nitrogens with zero attached hydrogens (tertiary/aromatic N) is 4. The number of carbonyl (C=O) groups is 2. The number of alkyl halides is 3. The summed E-state index contributed by atoms with van der Waals surface area (Å²) in [6.07, 6.45) is -4.53. The molecule has 10 heteroatoms. The first-order chi connectivity index (χ1) is 16.6. The summed E-state index contributed by atoms with van der Waals surface area (Å²) in [4.78, 5) is 29.3. The molecule has 2 aromatic carbocycles. The van der Waals surface area contributed by atoms with Gasteiger partial charge in [0.15, 0.2) is 0 Å². The number of aryl methyl sites for hydroxylation is 2. The third-order valence-corrected chi connectivity index (χ3v) is 5.97. The molecule has 1 aliphatic heterocycles. The number of amides is 2. The molecule has 0 atom stereocenters. The van der Waals surface area contributed by atoms with Gasteiger partial charge in [0.25, 0.3) is 5.91 Å².